The molecule has 2 aliphatic carbocycles. The van der Waals surface area contributed by atoms with Crippen LogP contribution < -0.4 is 5.73 Å². The molecular formula is C34H23N. The van der Waals surface area contributed by atoms with Crippen LogP contribution in [0, 0.1) is 0 Å². The van der Waals surface area contributed by atoms with Gasteiger partial charge in [0.25, 0.3) is 0 Å². The first-order valence-electron chi connectivity index (χ1n) is 12.3. The third-order valence-electron chi connectivity index (χ3n) is 8.25. The molecule has 0 saturated heterocycles. The molecule has 2 N–H and O–H groups in total. The molecule has 8 rings (SSSR count). The second-order valence-electron chi connectivity index (χ2n) is 9.92. The number of benzene rings is 6. The summed E-state index contributed by atoms with van der Waals surface area (Å²) in [6.45, 7) is 0. The molecule has 35 heavy (non-hydrogen) atoms. The number of rotatable bonds is 2. The van der Waals surface area contributed by atoms with Crippen molar-refractivity contribution in [1.29, 1.82) is 0 Å². The van der Waals surface area contributed by atoms with Crippen LogP contribution in [0.15, 0.2) is 115 Å². The van der Waals surface area contributed by atoms with Crippen LogP contribution >= 0.6 is 0 Å². The van der Waals surface area contributed by atoms with Gasteiger partial charge in [-0.05, 0) is 78.5 Å². The van der Waals surface area contributed by atoms with Crippen molar-refractivity contribution < 1.29 is 0 Å². The van der Waals surface area contributed by atoms with Gasteiger partial charge in [0.15, 0.2) is 0 Å². The average molecular weight is 446 g/mol. The third kappa shape index (κ3) is 2.28. The molecule has 0 bridgehead atoms. The molecule has 0 amide bonds. The number of hydrogen-bond acceptors (Lipinski definition) is 1. The average Bonchev–Trinajstić information content (AvgIpc) is 3.37. The van der Waals surface area contributed by atoms with Gasteiger partial charge in [0.05, 0.1) is 5.41 Å². The molecular weight excluding hydrogens is 422 g/mol. The van der Waals surface area contributed by atoms with Gasteiger partial charge in [-0.1, -0.05) is 109 Å². The summed E-state index contributed by atoms with van der Waals surface area (Å²) in [5, 5.41) is 5.46. The van der Waals surface area contributed by atoms with Gasteiger partial charge in [-0.15, -0.1) is 0 Å². The second-order valence-corrected chi connectivity index (χ2v) is 9.92. The Bertz CT molecular complexity index is 1780. The number of para-hydroxylation sites is 1. The minimum Gasteiger partial charge on any atom is -0.398 e. The Hall–Kier alpha value is -4.36. The van der Waals surface area contributed by atoms with Crippen molar-refractivity contribution in [3.8, 4) is 11.1 Å². The summed E-state index contributed by atoms with van der Waals surface area (Å²) in [5.74, 6) is 0. The Balaban J connectivity index is 1.45. The van der Waals surface area contributed by atoms with Crippen LogP contribution in [0.25, 0.3) is 32.7 Å². The number of hydrogen-bond donors (Lipinski definition) is 1. The molecule has 6 aromatic carbocycles. The van der Waals surface area contributed by atoms with Crippen LogP contribution in [0.5, 0.6) is 0 Å². The van der Waals surface area contributed by atoms with Crippen molar-refractivity contribution in [2.45, 2.75) is 11.8 Å². The van der Waals surface area contributed by atoms with Gasteiger partial charge in [0.2, 0.25) is 0 Å². The van der Waals surface area contributed by atoms with Gasteiger partial charge in [0.1, 0.15) is 0 Å². The van der Waals surface area contributed by atoms with Crippen LogP contribution in [0.2, 0.25) is 0 Å². The molecule has 2 aliphatic rings. The van der Waals surface area contributed by atoms with Crippen LogP contribution in [-0.4, -0.2) is 0 Å². The first-order chi connectivity index (χ1) is 17.3. The van der Waals surface area contributed by atoms with Crippen LogP contribution in [-0.2, 0) is 11.8 Å². The van der Waals surface area contributed by atoms with E-state index in [1.807, 2.05) is 12.1 Å². The Kier molecular flexibility index (Phi) is 3.59. The smallest absolute Gasteiger partial charge is 0.0725 e. The number of anilines is 1. The lowest BCUT2D eigenvalue weighted by molar-refractivity contribution is 0.796. The Labute approximate surface area is 204 Å². The summed E-state index contributed by atoms with van der Waals surface area (Å²) in [6, 6.07) is 42.5. The first-order valence-corrected chi connectivity index (χ1v) is 12.3. The first kappa shape index (κ1) is 19.0. The number of nitrogens with two attached hydrogens (primary N) is 1. The Morgan fingerprint density at radius 1 is 0.514 bits per heavy atom. The SMILES string of the molecule is Nc1ccccc1Cc1ccc2c(c1)-c1ccccc1C21c2cccc3ccc4cccc1c4c23. The van der Waals surface area contributed by atoms with Crippen molar-refractivity contribution in [3.63, 3.8) is 0 Å². The van der Waals surface area contributed by atoms with E-state index in [1.165, 1.54) is 66.1 Å². The molecule has 0 heterocycles. The Morgan fingerprint density at radius 3 is 1.89 bits per heavy atom. The number of nitrogen functional groups attached to an aromatic ring is 1. The van der Waals surface area contributed by atoms with Crippen LogP contribution in [0.4, 0.5) is 5.69 Å². The monoisotopic (exact) mass is 445 g/mol. The van der Waals surface area contributed by atoms with Crippen molar-refractivity contribution in [2.24, 2.45) is 0 Å². The molecule has 0 saturated carbocycles. The van der Waals surface area contributed by atoms with Crippen molar-refractivity contribution in [1.82, 2.24) is 0 Å². The highest BCUT2D eigenvalue weighted by molar-refractivity contribution is 6.17. The van der Waals surface area contributed by atoms with E-state index in [9.17, 15) is 0 Å². The van der Waals surface area contributed by atoms with Gasteiger partial charge in [0, 0.05) is 5.69 Å². The second kappa shape index (κ2) is 6.61. The molecule has 1 spiro atoms. The topological polar surface area (TPSA) is 26.0 Å². The molecule has 1 nitrogen and oxygen atoms in total. The van der Waals surface area contributed by atoms with Gasteiger partial charge in [-0.25, -0.2) is 0 Å². The molecule has 0 unspecified atom stereocenters. The quantitative estimate of drug-likeness (QED) is 0.213. The standard InChI is InChI=1S/C34H23N/c35-31-14-4-1-7-24(31)19-21-15-18-28-26(20-21)25-10-2-3-11-27(25)34(28)29-12-5-8-22-16-17-23-9-6-13-30(34)33(23)32(22)29/h1-18,20H,19,35H2. The summed E-state index contributed by atoms with van der Waals surface area (Å²) in [6.07, 6.45) is 0.834. The molecule has 0 aliphatic heterocycles. The minimum atomic E-state index is -0.279. The zero-order chi connectivity index (χ0) is 23.1. The zero-order valence-electron chi connectivity index (χ0n) is 19.3. The summed E-state index contributed by atoms with van der Waals surface area (Å²) in [4.78, 5) is 0. The van der Waals surface area contributed by atoms with E-state index < -0.39 is 0 Å². The number of fused-ring (bicyclic) bond motifs is 7. The molecule has 0 atom stereocenters. The highest BCUT2D eigenvalue weighted by atomic mass is 14.6. The van der Waals surface area contributed by atoms with Crippen LogP contribution in [0.1, 0.15) is 33.4 Å². The van der Waals surface area contributed by atoms with E-state index in [-0.39, 0.29) is 5.41 Å². The highest BCUT2D eigenvalue weighted by Gasteiger charge is 2.50. The third-order valence-corrected chi connectivity index (χ3v) is 8.25. The fourth-order valence-corrected chi connectivity index (χ4v) is 6.86. The lowest BCUT2D eigenvalue weighted by Gasteiger charge is -2.30. The largest absolute Gasteiger partial charge is 0.398 e. The lowest BCUT2D eigenvalue weighted by Crippen LogP contribution is -2.26. The normalized spacial score (nSPS) is 14.2. The van der Waals surface area contributed by atoms with Crippen LogP contribution in [0.3, 0.4) is 0 Å². The summed E-state index contributed by atoms with van der Waals surface area (Å²) >= 11 is 0. The fraction of sp³-hybridized carbons (Fsp3) is 0.0588. The minimum absolute atomic E-state index is 0.279. The summed E-state index contributed by atoms with van der Waals surface area (Å²) in [7, 11) is 0. The molecule has 0 radical (unpaired) electrons. The summed E-state index contributed by atoms with van der Waals surface area (Å²) < 4.78 is 0. The Morgan fingerprint density at radius 2 is 1.14 bits per heavy atom. The molecule has 0 fully saturated rings. The van der Waals surface area contributed by atoms with Crippen molar-refractivity contribution in [2.75, 3.05) is 5.73 Å². The predicted molar refractivity (Wildman–Crippen MR) is 146 cm³/mol. The van der Waals surface area contributed by atoms with E-state index in [2.05, 4.69) is 103 Å². The van der Waals surface area contributed by atoms with Crippen molar-refractivity contribution >= 4 is 27.2 Å². The highest BCUT2D eigenvalue weighted by Crippen LogP contribution is 2.62. The fourth-order valence-electron chi connectivity index (χ4n) is 6.86. The zero-order valence-corrected chi connectivity index (χ0v) is 19.3. The predicted octanol–water partition coefficient (Wildman–Crippen LogP) is 7.84. The van der Waals surface area contributed by atoms with Crippen molar-refractivity contribution in [3.05, 3.63) is 149 Å². The van der Waals surface area contributed by atoms with E-state index in [1.54, 1.807) is 0 Å². The maximum atomic E-state index is 6.29. The van der Waals surface area contributed by atoms with Gasteiger partial charge in [-0.3, -0.25) is 0 Å². The lowest BCUT2D eigenvalue weighted by atomic mass is 9.70. The molecule has 6 aromatic rings. The van der Waals surface area contributed by atoms with E-state index in [0.717, 1.165) is 12.1 Å². The van der Waals surface area contributed by atoms with E-state index in [0.29, 0.717) is 0 Å². The molecule has 1 heteroatoms. The van der Waals surface area contributed by atoms with E-state index in [4.69, 9.17) is 5.73 Å². The van der Waals surface area contributed by atoms with Gasteiger partial charge >= 0.3 is 0 Å². The molecule has 0 aromatic heterocycles. The molecule has 164 valence electrons. The summed E-state index contributed by atoms with van der Waals surface area (Å²) in [5.41, 5.74) is 17.6. The maximum absolute atomic E-state index is 6.29. The maximum Gasteiger partial charge on any atom is 0.0725 e. The van der Waals surface area contributed by atoms with Gasteiger partial charge in [-0.2, -0.15) is 0 Å². The van der Waals surface area contributed by atoms with E-state index >= 15 is 0 Å². The van der Waals surface area contributed by atoms with Gasteiger partial charge < -0.3 is 5.73 Å².